The van der Waals surface area contributed by atoms with Crippen molar-refractivity contribution in [3.63, 3.8) is 0 Å². The van der Waals surface area contributed by atoms with Crippen LogP contribution >= 0.6 is 23.2 Å². The van der Waals surface area contributed by atoms with Crippen molar-refractivity contribution < 1.29 is 47.2 Å². The number of carbonyl (C=O) groups is 3. The molecule has 3 aromatic carbocycles. The van der Waals surface area contributed by atoms with Crippen molar-refractivity contribution in [2.45, 2.75) is 58.7 Å². The quantitative estimate of drug-likeness (QED) is 0.179. The molecule has 14 heteroatoms. The van der Waals surface area contributed by atoms with Gasteiger partial charge in [0.25, 0.3) is 0 Å². The molecule has 1 N–H and O–H groups in total. The van der Waals surface area contributed by atoms with Crippen LogP contribution in [0.15, 0.2) is 70.3 Å². The Hall–Kier alpha value is -4.81. The fraction of sp³-hybridized carbons (Fsp3) is 0.273. The molecule has 1 saturated carbocycles. The number of carbonyl (C=O) groups excluding carboxylic acids is 2. The Labute approximate surface area is 278 Å². The molecule has 2 fully saturated rings. The average molecular weight is 688 g/mol. The molecule has 1 aromatic heterocycles. The molecule has 11 nitrogen and oxygen atoms in total. The van der Waals surface area contributed by atoms with E-state index in [0.29, 0.717) is 38.1 Å². The maximum atomic E-state index is 14.3. The van der Waals surface area contributed by atoms with Crippen LogP contribution in [0.3, 0.4) is 0 Å². The number of benzene rings is 3. The van der Waals surface area contributed by atoms with Crippen molar-refractivity contribution in [3.05, 3.63) is 81.8 Å². The molecule has 1 atom stereocenters. The largest absolute Gasteiger partial charge is 0.489 e. The topological polar surface area (TPSA) is 138 Å². The molecule has 47 heavy (non-hydrogen) atoms. The van der Waals surface area contributed by atoms with Gasteiger partial charge in [-0.15, -0.1) is 0 Å². The van der Waals surface area contributed by atoms with Gasteiger partial charge in [0.05, 0.1) is 16.8 Å². The lowest BCUT2D eigenvalue weighted by molar-refractivity contribution is -0.144. The van der Waals surface area contributed by atoms with E-state index in [2.05, 4.69) is 4.98 Å². The number of amides is 2. The van der Waals surface area contributed by atoms with Crippen LogP contribution in [0.2, 0.25) is 10.0 Å². The minimum absolute atomic E-state index is 0.00962. The van der Waals surface area contributed by atoms with Crippen LogP contribution < -0.4 is 19.1 Å². The molecule has 0 bridgehead atoms. The van der Waals surface area contributed by atoms with Gasteiger partial charge in [0.1, 0.15) is 28.6 Å². The second kappa shape index (κ2) is 14.3. The summed E-state index contributed by atoms with van der Waals surface area (Å²) in [4.78, 5) is 39.9. The molecule has 2 amide bonds. The van der Waals surface area contributed by atoms with E-state index >= 15 is 0 Å². The highest BCUT2D eigenvalue weighted by Crippen LogP contribution is 2.37. The van der Waals surface area contributed by atoms with Gasteiger partial charge in [0.15, 0.2) is 17.4 Å². The van der Waals surface area contributed by atoms with Crippen molar-refractivity contribution in [3.8, 4) is 23.3 Å². The molecule has 1 unspecified atom stereocenters. The number of rotatable bonds is 8. The number of aromatic nitrogens is 1. The van der Waals surface area contributed by atoms with Gasteiger partial charge in [0, 0.05) is 17.2 Å². The molecule has 2 aliphatic rings. The number of anilines is 1. The summed E-state index contributed by atoms with van der Waals surface area (Å²) in [5, 5.41) is 9.45. The van der Waals surface area contributed by atoms with Gasteiger partial charge < -0.3 is 28.5 Å². The molecule has 2 heterocycles. The predicted octanol–water partition coefficient (Wildman–Crippen LogP) is 8.70. The van der Waals surface area contributed by atoms with Crippen molar-refractivity contribution in [1.82, 2.24) is 4.98 Å². The number of cyclic esters (lactones) is 1. The van der Waals surface area contributed by atoms with Crippen molar-refractivity contribution >= 4 is 58.0 Å². The standard InChI is InChI=1S/C17H17ClFNO4.C16H12ClNO5/c1-9(2)15-16(21)20(17(22)24-15)13-8-14(11(18)7-12(13)19)23-10-5-3-4-6-10;1-9(15(19)20)21-11-3-5-12(6-4-11)22-16-18-13-7-2-10(17)8-14(13)23-16/h7-8,10H,3-6H2,1-2H3;2-9H,1H3,(H,19,20). The molecular weight excluding hydrogens is 658 g/mol. The Morgan fingerprint density at radius 1 is 1.04 bits per heavy atom. The fourth-order valence-corrected chi connectivity index (χ4v) is 5.07. The second-order valence-corrected chi connectivity index (χ2v) is 11.7. The highest BCUT2D eigenvalue weighted by atomic mass is 35.5. The molecule has 246 valence electrons. The van der Waals surface area contributed by atoms with Gasteiger partial charge in [0.2, 0.25) is 0 Å². The zero-order chi connectivity index (χ0) is 33.8. The first-order valence-corrected chi connectivity index (χ1v) is 15.3. The normalized spacial score (nSPS) is 15.3. The van der Waals surface area contributed by atoms with Crippen LogP contribution in [0.4, 0.5) is 14.9 Å². The van der Waals surface area contributed by atoms with E-state index in [4.69, 9.17) is 51.7 Å². The number of fused-ring (bicyclic) bond motifs is 1. The summed E-state index contributed by atoms with van der Waals surface area (Å²) in [6.07, 6.45) is 2.16. The third-order valence-corrected chi connectivity index (χ3v) is 7.61. The van der Waals surface area contributed by atoms with E-state index in [0.717, 1.165) is 31.7 Å². The lowest BCUT2D eigenvalue weighted by Gasteiger charge is -2.18. The summed E-state index contributed by atoms with van der Waals surface area (Å²) in [6.45, 7) is 4.73. The number of halogens is 3. The SMILES string of the molecule is CC(C)=C1OC(=O)N(c2cc(OC3CCCC3)c(Cl)cc2F)C1=O.CC(Oc1ccc(Oc2nc3ccc(Cl)cc3o2)cc1)C(=O)O. The summed E-state index contributed by atoms with van der Waals surface area (Å²) in [5.74, 6) is -1.45. The molecule has 1 saturated heterocycles. The Morgan fingerprint density at radius 2 is 1.72 bits per heavy atom. The average Bonchev–Trinajstić information content (AvgIpc) is 3.75. The predicted molar refractivity (Wildman–Crippen MR) is 170 cm³/mol. The van der Waals surface area contributed by atoms with Crippen LogP contribution in [-0.2, 0) is 14.3 Å². The fourth-order valence-electron chi connectivity index (χ4n) is 4.71. The molecule has 0 radical (unpaired) electrons. The van der Waals surface area contributed by atoms with Crippen molar-refractivity contribution in [1.29, 1.82) is 0 Å². The number of aliphatic carboxylic acids is 1. The Morgan fingerprint density at radius 3 is 2.36 bits per heavy atom. The Bertz CT molecular complexity index is 1850. The zero-order valence-corrected chi connectivity index (χ0v) is 26.9. The van der Waals surface area contributed by atoms with Crippen LogP contribution in [0.25, 0.3) is 11.1 Å². The van der Waals surface area contributed by atoms with E-state index in [1.807, 2.05) is 0 Å². The van der Waals surface area contributed by atoms with E-state index < -0.39 is 29.9 Å². The highest BCUT2D eigenvalue weighted by Gasteiger charge is 2.40. The van der Waals surface area contributed by atoms with Crippen LogP contribution in [0.5, 0.6) is 23.3 Å². The number of imide groups is 1. The van der Waals surface area contributed by atoms with Crippen molar-refractivity contribution in [2.75, 3.05) is 4.90 Å². The molecule has 0 spiro atoms. The van der Waals surface area contributed by atoms with Gasteiger partial charge in [-0.3, -0.25) is 4.79 Å². The van der Waals surface area contributed by atoms with Crippen molar-refractivity contribution in [2.24, 2.45) is 0 Å². The zero-order valence-electron chi connectivity index (χ0n) is 25.4. The number of hydrogen-bond acceptors (Lipinski definition) is 9. The van der Waals surface area contributed by atoms with E-state index in [1.54, 1.807) is 56.3 Å². The Kier molecular flexibility index (Phi) is 10.2. The molecular formula is C33H29Cl2FN2O9. The monoisotopic (exact) mass is 686 g/mol. The number of ether oxygens (including phenoxy) is 4. The number of hydrogen-bond donors (Lipinski definition) is 1. The summed E-state index contributed by atoms with van der Waals surface area (Å²) >= 11 is 11.9. The first kappa shape index (κ1) is 33.6. The number of nitrogens with zero attached hydrogens (tertiary/aromatic N) is 2. The number of allylic oxidation sites excluding steroid dienone is 1. The number of carboxylic acids is 1. The minimum atomic E-state index is -1.03. The van der Waals surface area contributed by atoms with Gasteiger partial charge in [-0.05, 0) is 94.5 Å². The minimum Gasteiger partial charge on any atom is -0.489 e. The molecule has 4 aromatic rings. The molecule has 1 aliphatic carbocycles. The van der Waals surface area contributed by atoms with Gasteiger partial charge in [-0.25, -0.2) is 18.9 Å². The van der Waals surface area contributed by atoms with Crippen LogP contribution in [-0.4, -0.2) is 40.3 Å². The van der Waals surface area contributed by atoms with Crippen LogP contribution in [0.1, 0.15) is 46.5 Å². The smallest absolute Gasteiger partial charge is 0.427 e. The molecule has 1 aliphatic heterocycles. The first-order chi connectivity index (χ1) is 22.4. The lowest BCUT2D eigenvalue weighted by atomic mass is 10.2. The summed E-state index contributed by atoms with van der Waals surface area (Å²) in [6, 6.07) is 13.9. The molecule has 6 rings (SSSR count). The van der Waals surface area contributed by atoms with E-state index in [1.165, 1.54) is 13.0 Å². The first-order valence-electron chi connectivity index (χ1n) is 14.5. The summed E-state index contributed by atoms with van der Waals surface area (Å²) < 4.78 is 41.3. The highest BCUT2D eigenvalue weighted by molar-refractivity contribution is 6.32. The second-order valence-electron chi connectivity index (χ2n) is 10.9. The van der Waals surface area contributed by atoms with Gasteiger partial charge in [-0.2, -0.15) is 4.98 Å². The maximum Gasteiger partial charge on any atom is 0.427 e. The number of oxazole rings is 1. The van der Waals surface area contributed by atoms with Crippen LogP contribution in [0, 0.1) is 5.82 Å². The third-order valence-electron chi connectivity index (χ3n) is 7.08. The van der Waals surface area contributed by atoms with E-state index in [9.17, 15) is 18.8 Å². The van der Waals surface area contributed by atoms with Gasteiger partial charge >= 0.3 is 24.0 Å². The van der Waals surface area contributed by atoms with Gasteiger partial charge in [-0.1, -0.05) is 23.2 Å². The van der Waals surface area contributed by atoms with E-state index in [-0.39, 0.29) is 34.4 Å². The number of carboxylic acid groups (broad SMARTS) is 1. The lowest BCUT2D eigenvalue weighted by Crippen LogP contribution is -2.29. The summed E-state index contributed by atoms with van der Waals surface area (Å²) in [7, 11) is 0. The Balaban J connectivity index is 0.000000185. The third kappa shape index (κ3) is 7.95. The maximum absolute atomic E-state index is 14.3. The summed E-state index contributed by atoms with van der Waals surface area (Å²) in [5.41, 5.74) is 1.48.